The molecule has 7 nitrogen and oxygen atoms in total. The summed E-state index contributed by atoms with van der Waals surface area (Å²) in [6.07, 6.45) is 4.95. The molecule has 0 N–H and O–H groups in total. The summed E-state index contributed by atoms with van der Waals surface area (Å²) in [6.45, 7) is 7.46. The Labute approximate surface area is 213 Å². The van der Waals surface area contributed by atoms with Crippen LogP contribution >= 0.6 is 0 Å². The molecule has 2 aliphatic rings. The van der Waals surface area contributed by atoms with E-state index in [4.69, 9.17) is 9.73 Å². The molecule has 0 bridgehead atoms. The number of carbonyl (C=O) groups is 1. The number of benzene rings is 2. The minimum atomic E-state index is -0.0264. The van der Waals surface area contributed by atoms with Gasteiger partial charge in [-0.2, -0.15) is 0 Å². The predicted octanol–water partition coefficient (Wildman–Crippen LogP) is 4.19. The number of aliphatic imine (C=N–C) groups is 1. The van der Waals surface area contributed by atoms with Gasteiger partial charge < -0.3 is 19.1 Å². The van der Waals surface area contributed by atoms with E-state index in [2.05, 4.69) is 51.4 Å². The molecule has 7 heteroatoms. The number of carbonyl (C=O) groups excluding carboxylic acids is 1. The van der Waals surface area contributed by atoms with E-state index in [1.165, 1.54) is 5.56 Å². The number of hydrogen-bond acceptors (Lipinski definition) is 5. The lowest BCUT2D eigenvalue weighted by Crippen LogP contribution is -2.60. The Morgan fingerprint density at radius 1 is 1.11 bits per heavy atom. The zero-order valence-corrected chi connectivity index (χ0v) is 21.4. The maximum Gasteiger partial charge on any atom is 0.229 e. The summed E-state index contributed by atoms with van der Waals surface area (Å²) in [5.74, 6) is 2.35. The Morgan fingerprint density at radius 2 is 1.89 bits per heavy atom. The van der Waals surface area contributed by atoms with Crippen LogP contribution in [0.1, 0.15) is 43.1 Å². The van der Waals surface area contributed by atoms with Gasteiger partial charge in [0.05, 0.1) is 31.9 Å². The third-order valence-corrected chi connectivity index (χ3v) is 7.54. The lowest BCUT2D eigenvalue weighted by atomic mass is 9.93. The fourth-order valence-electron chi connectivity index (χ4n) is 5.41. The summed E-state index contributed by atoms with van der Waals surface area (Å²) in [6, 6.07) is 18.4. The number of imidazole rings is 1. The number of methoxy groups -OCH3 is 1. The van der Waals surface area contributed by atoms with Crippen molar-refractivity contribution in [3.63, 3.8) is 0 Å². The van der Waals surface area contributed by atoms with Gasteiger partial charge in [-0.05, 0) is 17.5 Å². The summed E-state index contributed by atoms with van der Waals surface area (Å²) in [5, 5.41) is 0. The van der Waals surface area contributed by atoms with E-state index in [1.54, 1.807) is 7.11 Å². The van der Waals surface area contributed by atoms with Gasteiger partial charge in [0.25, 0.3) is 0 Å². The number of amidine groups is 1. The highest BCUT2D eigenvalue weighted by atomic mass is 16.5. The standard InChI is InChI=1S/C29H35N5O2/c1-4-21(2)28-29-31-25(24-12-8-9-13-26(24)36-3)19-32(29)14-15-34(28)27(35)16-23-17-30-20-33(23)18-22-10-6-5-7-11-22/h5-13,17,20-21,25,28H,4,14-16,18-19H2,1-3H3/t21?,25?,28-/m0/s1. The predicted molar refractivity (Wildman–Crippen MR) is 141 cm³/mol. The Hall–Kier alpha value is -3.61. The van der Waals surface area contributed by atoms with E-state index in [-0.39, 0.29) is 18.0 Å². The van der Waals surface area contributed by atoms with E-state index < -0.39 is 0 Å². The fourth-order valence-corrected chi connectivity index (χ4v) is 5.41. The van der Waals surface area contributed by atoms with Crippen LogP contribution in [-0.4, -0.2) is 63.9 Å². The zero-order valence-electron chi connectivity index (χ0n) is 21.4. The minimum Gasteiger partial charge on any atom is -0.496 e. The van der Waals surface area contributed by atoms with Gasteiger partial charge in [0.2, 0.25) is 5.91 Å². The number of nitrogens with zero attached hydrogens (tertiary/aromatic N) is 5. The first kappa shape index (κ1) is 24.1. The molecule has 1 saturated heterocycles. The number of ether oxygens (including phenoxy) is 1. The molecule has 0 saturated carbocycles. The molecule has 3 atom stereocenters. The lowest BCUT2D eigenvalue weighted by molar-refractivity contribution is -0.133. The van der Waals surface area contributed by atoms with Crippen LogP contribution in [0.15, 0.2) is 72.1 Å². The third-order valence-electron chi connectivity index (χ3n) is 7.54. The molecule has 5 rings (SSSR count). The van der Waals surface area contributed by atoms with Gasteiger partial charge in [-0.1, -0.05) is 68.8 Å². The van der Waals surface area contributed by atoms with Gasteiger partial charge >= 0.3 is 0 Å². The van der Waals surface area contributed by atoms with Gasteiger partial charge in [-0.3, -0.25) is 9.79 Å². The summed E-state index contributed by atoms with van der Waals surface area (Å²) < 4.78 is 7.69. The van der Waals surface area contributed by atoms with Crippen LogP contribution in [0.2, 0.25) is 0 Å². The topological polar surface area (TPSA) is 63.0 Å². The van der Waals surface area contributed by atoms with Crippen LogP contribution in [-0.2, 0) is 17.8 Å². The Balaban J connectivity index is 1.38. The molecule has 1 aromatic heterocycles. The molecular weight excluding hydrogens is 450 g/mol. The number of hydrogen-bond donors (Lipinski definition) is 0. The maximum atomic E-state index is 13.7. The first-order valence-corrected chi connectivity index (χ1v) is 12.9. The number of rotatable bonds is 8. The van der Waals surface area contributed by atoms with Crippen molar-refractivity contribution in [1.29, 1.82) is 0 Å². The molecule has 2 aliphatic heterocycles. The van der Waals surface area contributed by atoms with E-state index >= 15 is 0 Å². The van der Waals surface area contributed by atoms with Crippen molar-refractivity contribution in [2.75, 3.05) is 26.7 Å². The Morgan fingerprint density at radius 3 is 2.67 bits per heavy atom. The van der Waals surface area contributed by atoms with Crippen LogP contribution in [0.4, 0.5) is 0 Å². The maximum absolute atomic E-state index is 13.7. The van der Waals surface area contributed by atoms with Crippen LogP contribution < -0.4 is 4.74 Å². The zero-order chi connectivity index (χ0) is 25.1. The van der Waals surface area contributed by atoms with Gasteiger partial charge in [0.15, 0.2) is 0 Å². The second kappa shape index (κ2) is 10.6. The van der Waals surface area contributed by atoms with Gasteiger partial charge in [-0.25, -0.2) is 4.98 Å². The van der Waals surface area contributed by atoms with Crippen molar-refractivity contribution in [1.82, 2.24) is 19.4 Å². The van der Waals surface area contributed by atoms with Crippen molar-refractivity contribution in [3.8, 4) is 5.75 Å². The van der Waals surface area contributed by atoms with E-state index in [1.807, 2.05) is 48.9 Å². The Kier molecular flexibility index (Phi) is 7.07. The summed E-state index contributed by atoms with van der Waals surface area (Å²) >= 11 is 0. The molecule has 0 spiro atoms. The van der Waals surface area contributed by atoms with Crippen molar-refractivity contribution in [2.45, 2.75) is 45.3 Å². The molecule has 0 aliphatic carbocycles. The molecule has 3 aromatic rings. The van der Waals surface area contributed by atoms with E-state index in [0.717, 1.165) is 42.4 Å². The fraction of sp³-hybridized carbons (Fsp3) is 0.414. The van der Waals surface area contributed by atoms with Gasteiger partial charge in [0.1, 0.15) is 11.6 Å². The first-order valence-electron chi connectivity index (χ1n) is 12.9. The van der Waals surface area contributed by atoms with Gasteiger partial charge in [-0.15, -0.1) is 0 Å². The molecule has 1 amide bonds. The number of amides is 1. The molecule has 2 aromatic carbocycles. The average Bonchev–Trinajstić information content (AvgIpc) is 3.54. The lowest BCUT2D eigenvalue weighted by Gasteiger charge is -2.43. The van der Waals surface area contributed by atoms with Crippen LogP contribution in [0.25, 0.3) is 0 Å². The van der Waals surface area contributed by atoms with Crippen LogP contribution in [0, 0.1) is 5.92 Å². The summed E-state index contributed by atoms with van der Waals surface area (Å²) in [4.78, 5) is 27.7. The van der Waals surface area contributed by atoms with Crippen molar-refractivity contribution in [2.24, 2.45) is 10.9 Å². The highest BCUT2D eigenvalue weighted by Gasteiger charge is 2.42. The third kappa shape index (κ3) is 4.74. The van der Waals surface area contributed by atoms with E-state index in [0.29, 0.717) is 25.4 Å². The highest BCUT2D eigenvalue weighted by Crippen LogP contribution is 2.35. The van der Waals surface area contributed by atoms with Crippen LogP contribution in [0.5, 0.6) is 5.75 Å². The quantitative estimate of drug-likeness (QED) is 0.480. The number of para-hydroxylation sites is 1. The van der Waals surface area contributed by atoms with Crippen molar-refractivity contribution < 1.29 is 9.53 Å². The first-order chi connectivity index (χ1) is 17.6. The molecule has 1 fully saturated rings. The molecule has 0 radical (unpaired) electrons. The van der Waals surface area contributed by atoms with Crippen LogP contribution in [0.3, 0.4) is 0 Å². The normalized spacial score (nSPS) is 20.1. The van der Waals surface area contributed by atoms with Gasteiger partial charge in [0, 0.05) is 43.6 Å². The number of fused-ring (bicyclic) bond motifs is 1. The van der Waals surface area contributed by atoms with Crippen molar-refractivity contribution in [3.05, 3.63) is 83.9 Å². The van der Waals surface area contributed by atoms with Crippen molar-refractivity contribution >= 4 is 11.7 Å². The molecule has 36 heavy (non-hydrogen) atoms. The second-order valence-electron chi connectivity index (χ2n) is 9.78. The summed E-state index contributed by atoms with van der Waals surface area (Å²) in [5.41, 5.74) is 3.24. The SMILES string of the molecule is CCC(C)[C@H]1C2=NC(c3ccccc3OC)CN2CCN1C(=O)Cc1cncn1Cc1ccccc1. The largest absolute Gasteiger partial charge is 0.496 e. The second-order valence-corrected chi connectivity index (χ2v) is 9.78. The minimum absolute atomic E-state index is 0.0186. The molecule has 2 unspecified atom stereocenters. The van der Waals surface area contributed by atoms with E-state index in [9.17, 15) is 4.79 Å². The molecule has 3 heterocycles. The Bertz CT molecular complexity index is 1220. The average molecular weight is 486 g/mol. The molecule has 188 valence electrons. The molecular formula is C29H35N5O2. The smallest absolute Gasteiger partial charge is 0.229 e. The summed E-state index contributed by atoms with van der Waals surface area (Å²) in [7, 11) is 1.71. The monoisotopic (exact) mass is 485 g/mol. The highest BCUT2D eigenvalue weighted by molar-refractivity contribution is 5.94. The number of aromatic nitrogens is 2. The number of piperazine rings is 1.